The van der Waals surface area contributed by atoms with Crippen LogP contribution in [0.1, 0.15) is 0 Å². The van der Waals surface area contributed by atoms with E-state index < -0.39 is 7.92 Å². The smallest absolute Gasteiger partial charge is 0.0141 e. The fraction of sp³-hybridized carbons (Fsp3) is 0. The van der Waals surface area contributed by atoms with E-state index in [0.717, 1.165) is 5.30 Å². The van der Waals surface area contributed by atoms with E-state index in [1.807, 2.05) is 48.5 Å². The highest BCUT2D eigenvalue weighted by molar-refractivity contribution is 7.80. The predicted molar refractivity (Wildman–Crippen MR) is 84.6 cm³/mol. The van der Waals surface area contributed by atoms with Crippen molar-refractivity contribution in [1.29, 1.82) is 0 Å². The SMILES string of the molecule is [O-]c1ccccc1P(c1ccccc1)c1ccccc1. The molecule has 0 aliphatic heterocycles. The molecule has 0 radical (unpaired) electrons. The molecule has 0 heterocycles. The largest absolute Gasteiger partial charge is 0.872 e. The lowest BCUT2D eigenvalue weighted by molar-refractivity contribution is -0.266. The lowest BCUT2D eigenvalue weighted by Crippen LogP contribution is -2.22. The first-order valence-electron chi connectivity index (χ1n) is 6.52. The fourth-order valence-corrected chi connectivity index (χ4v) is 4.55. The van der Waals surface area contributed by atoms with E-state index in [9.17, 15) is 5.11 Å². The average molecular weight is 277 g/mol. The van der Waals surface area contributed by atoms with Gasteiger partial charge in [0.25, 0.3) is 0 Å². The molecule has 98 valence electrons. The second kappa shape index (κ2) is 5.90. The second-order valence-corrected chi connectivity index (χ2v) is 6.66. The number of rotatable bonds is 3. The average Bonchev–Trinajstić information content (AvgIpc) is 2.52. The van der Waals surface area contributed by atoms with Crippen LogP contribution in [0.2, 0.25) is 0 Å². The van der Waals surface area contributed by atoms with Crippen molar-refractivity contribution in [3.05, 3.63) is 84.9 Å². The summed E-state index contributed by atoms with van der Waals surface area (Å²) in [6.07, 6.45) is 0. The third-order valence-corrected chi connectivity index (χ3v) is 5.62. The first-order valence-corrected chi connectivity index (χ1v) is 7.87. The summed E-state index contributed by atoms with van der Waals surface area (Å²) in [6.45, 7) is 0. The Labute approximate surface area is 120 Å². The first kappa shape index (κ1) is 12.9. The fourth-order valence-electron chi connectivity index (χ4n) is 2.22. The van der Waals surface area contributed by atoms with Crippen molar-refractivity contribution in [2.24, 2.45) is 0 Å². The van der Waals surface area contributed by atoms with Gasteiger partial charge in [-0.3, -0.25) is 0 Å². The molecule has 0 saturated heterocycles. The third-order valence-electron chi connectivity index (χ3n) is 3.13. The van der Waals surface area contributed by atoms with Crippen molar-refractivity contribution >= 4 is 23.8 Å². The van der Waals surface area contributed by atoms with Crippen LogP contribution in [0.5, 0.6) is 5.75 Å². The van der Waals surface area contributed by atoms with Crippen molar-refractivity contribution < 1.29 is 5.11 Å². The Morgan fingerprint density at radius 3 is 1.50 bits per heavy atom. The van der Waals surface area contributed by atoms with Crippen molar-refractivity contribution in [2.75, 3.05) is 0 Å². The van der Waals surface area contributed by atoms with Gasteiger partial charge in [-0.05, 0) is 23.8 Å². The molecule has 0 aliphatic carbocycles. The van der Waals surface area contributed by atoms with Crippen LogP contribution in [0.25, 0.3) is 0 Å². The zero-order valence-corrected chi connectivity index (χ0v) is 11.8. The molecule has 0 atom stereocenters. The highest BCUT2D eigenvalue weighted by Gasteiger charge is 2.15. The van der Waals surface area contributed by atoms with Crippen molar-refractivity contribution in [3.63, 3.8) is 0 Å². The summed E-state index contributed by atoms with van der Waals surface area (Å²) in [4.78, 5) is 0. The van der Waals surface area contributed by atoms with Crippen LogP contribution < -0.4 is 21.0 Å². The maximum absolute atomic E-state index is 12.2. The van der Waals surface area contributed by atoms with Crippen LogP contribution >= 0.6 is 7.92 Å². The molecule has 0 spiro atoms. The second-order valence-electron chi connectivity index (χ2n) is 4.47. The van der Waals surface area contributed by atoms with Crippen molar-refractivity contribution in [2.45, 2.75) is 0 Å². The number of hydrogen-bond donors (Lipinski definition) is 0. The molecule has 0 saturated carbocycles. The van der Waals surface area contributed by atoms with Crippen LogP contribution in [-0.2, 0) is 0 Å². The van der Waals surface area contributed by atoms with Gasteiger partial charge in [-0.25, -0.2) is 0 Å². The van der Waals surface area contributed by atoms with Gasteiger partial charge in [0.05, 0.1) is 0 Å². The van der Waals surface area contributed by atoms with E-state index in [0.29, 0.717) is 0 Å². The molecule has 3 aromatic rings. The van der Waals surface area contributed by atoms with Gasteiger partial charge in [0.15, 0.2) is 0 Å². The molecule has 0 bridgehead atoms. The van der Waals surface area contributed by atoms with E-state index >= 15 is 0 Å². The molecule has 0 fully saturated rings. The maximum atomic E-state index is 12.2. The summed E-state index contributed by atoms with van der Waals surface area (Å²) in [5.74, 6) is 0.117. The molecule has 0 aliphatic rings. The molecular weight excluding hydrogens is 263 g/mol. The minimum Gasteiger partial charge on any atom is -0.872 e. The molecule has 20 heavy (non-hydrogen) atoms. The molecule has 0 aromatic heterocycles. The van der Waals surface area contributed by atoms with E-state index in [-0.39, 0.29) is 5.75 Å². The summed E-state index contributed by atoms with van der Waals surface area (Å²) in [7, 11) is -0.779. The zero-order valence-electron chi connectivity index (χ0n) is 10.9. The Morgan fingerprint density at radius 1 is 0.550 bits per heavy atom. The van der Waals surface area contributed by atoms with Crippen molar-refractivity contribution in [1.82, 2.24) is 0 Å². The van der Waals surface area contributed by atoms with Gasteiger partial charge < -0.3 is 5.11 Å². The van der Waals surface area contributed by atoms with Crippen LogP contribution in [0.15, 0.2) is 84.9 Å². The monoisotopic (exact) mass is 277 g/mol. The van der Waals surface area contributed by atoms with Crippen molar-refractivity contribution in [3.8, 4) is 5.75 Å². The third kappa shape index (κ3) is 2.59. The van der Waals surface area contributed by atoms with E-state index in [2.05, 4.69) is 24.3 Å². The first-order chi connectivity index (χ1) is 9.86. The molecule has 3 rings (SSSR count). The summed E-state index contributed by atoms with van der Waals surface area (Å²) in [5.41, 5.74) is 0. The van der Waals surface area contributed by atoms with Gasteiger partial charge in [-0.15, -0.1) is 5.75 Å². The topological polar surface area (TPSA) is 23.1 Å². The van der Waals surface area contributed by atoms with Gasteiger partial charge in [0, 0.05) is 0 Å². The quantitative estimate of drug-likeness (QED) is 0.675. The summed E-state index contributed by atoms with van der Waals surface area (Å²) >= 11 is 0. The van der Waals surface area contributed by atoms with E-state index in [4.69, 9.17) is 0 Å². The number of benzene rings is 3. The zero-order chi connectivity index (χ0) is 13.8. The van der Waals surface area contributed by atoms with Gasteiger partial charge in [-0.1, -0.05) is 84.9 Å². The Hall–Kier alpha value is -2.11. The minimum atomic E-state index is -0.779. The van der Waals surface area contributed by atoms with Gasteiger partial charge in [0.2, 0.25) is 0 Å². The summed E-state index contributed by atoms with van der Waals surface area (Å²) < 4.78 is 0. The standard InChI is InChI=1S/C18H15OP/c19-17-13-7-8-14-18(17)20(15-9-3-1-4-10-15)16-11-5-2-6-12-16/h1-14,19H/p-1. The van der Waals surface area contributed by atoms with Gasteiger partial charge in [-0.2, -0.15) is 0 Å². The van der Waals surface area contributed by atoms with E-state index in [1.165, 1.54) is 10.6 Å². The molecule has 2 heteroatoms. The molecule has 0 unspecified atom stereocenters. The molecule has 1 nitrogen and oxygen atoms in total. The summed E-state index contributed by atoms with van der Waals surface area (Å²) in [6, 6.07) is 27.9. The number of hydrogen-bond acceptors (Lipinski definition) is 1. The van der Waals surface area contributed by atoms with Crippen LogP contribution in [0.4, 0.5) is 0 Å². The minimum absolute atomic E-state index is 0.117. The van der Waals surface area contributed by atoms with Crippen LogP contribution in [0.3, 0.4) is 0 Å². The molecule has 3 aromatic carbocycles. The van der Waals surface area contributed by atoms with Gasteiger partial charge >= 0.3 is 0 Å². The maximum Gasteiger partial charge on any atom is -0.0141 e. The summed E-state index contributed by atoms with van der Waals surface area (Å²) in [5, 5.41) is 15.5. The highest BCUT2D eigenvalue weighted by atomic mass is 31.1. The lowest BCUT2D eigenvalue weighted by Gasteiger charge is -2.24. The normalized spacial score (nSPS) is 10.7. The van der Waals surface area contributed by atoms with Crippen LogP contribution in [-0.4, -0.2) is 0 Å². The molecule has 0 N–H and O–H groups in total. The lowest BCUT2D eigenvalue weighted by atomic mass is 10.3. The van der Waals surface area contributed by atoms with Crippen LogP contribution in [0, 0.1) is 0 Å². The Kier molecular flexibility index (Phi) is 3.80. The number of para-hydroxylation sites is 1. The Bertz CT molecular complexity index is 641. The molecule has 0 amide bonds. The predicted octanol–water partition coefficient (Wildman–Crippen LogP) is 2.52. The molecular formula is C18H14OP-. The van der Waals surface area contributed by atoms with E-state index in [1.54, 1.807) is 12.1 Å². The Balaban J connectivity index is 2.17. The Morgan fingerprint density at radius 2 is 1.00 bits per heavy atom. The van der Waals surface area contributed by atoms with Gasteiger partial charge in [0.1, 0.15) is 0 Å². The highest BCUT2D eigenvalue weighted by Crippen LogP contribution is 2.34.